The highest BCUT2D eigenvalue weighted by Crippen LogP contribution is 2.17. The van der Waals surface area contributed by atoms with Crippen molar-refractivity contribution in [1.29, 1.82) is 0 Å². The minimum absolute atomic E-state index is 0.00891. The van der Waals surface area contributed by atoms with Gasteiger partial charge < -0.3 is 20.4 Å². The van der Waals surface area contributed by atoms with Crippen molar-refractivity contribution >= 4 is 16.9 Å². The van der Waals surface area contributed by atoms with E-state index >= 15 is 0 Å². The predicted molar refractivity (Wildman–Crippen MR) is 64.7 cm³/mol. The van der Waals surface area contributed by atoms with E-state index < -0.39 is 18.1 Å². The fourth-order valence-electron chi connectivity index (χ4n) is 1.54. The molecule has 0 unspecified atom stereocenters. The molecule has 22 heavy (non-hydrogen) atoms. The average molecular weight is 318 g/mol. The number of fused-ring (bicyclic) bond motifs is 1. The van der Waals surface area contributed by atoms with Crippen LogP contribution < -0.4 is 14.9 Å². The van der Waals surface area contributed by atoms with Crippen molar-refractivity contribution in [3.8, 4) is 11.8 Å². The standard InChI is InChI=1S/C11H9F3N4O4/c12-11(13,14)9(19)15-3-4-22-6-1-2-7-8(5-6)18(21)17-10(20)16-7/h1-2,5H,3-4H2,(H,15,19)(H,16,17,20). The average Bonchev–Trinajstić information content (AvgIpc) is 2.42. The number of aromatic nitrogens is 3. The molecule has 8 nitrogen and oxygen atoms in total. The third-order valence-electron chi connectivity index (χ3n) is 2.47. The highest BCUT2D eigenvalue weighted by atomic mass is 19.4. The van der Waals surface area contributed by atoms with Crippen LogP contribution in [0.1, 0.15) is 0 Å². The Morgan fingerprint density at radius 1 is 1.45 bits per heavy atom. The highest BCUT2D eigenvalue weighted by molar-refractivity contribution is 5.81. The third kappa shape index (κ3) is 3.62. The van der Waals surface area contributed by atoms with Gasteiger partial charge in [0.15, 0.2) is 0 Å². The lowest BCUT2D eigenvalue weighted by molar-refractivity contribution is -0.643. The van der Waals surface area contributed by atoms with E-state index in [1.54, 1.807) is 5.32 Å². The monoisotopic (exact) mass is 318 g/mol. The lowest BCUT2D eigenvalue weighted by Gasteiger charge is -2.09. The quantitative estimate of drug-likeness (QED) is 0.467. The van der Waals surface area contributed by atoms with Crippen molar-refractivity contribution in [2.24, 2.45) is 0 Å². The van der Waals surface area contributed by atoms with Gasteiger partial charge in [-0.3, -0.25) is 4.79 Å². The van der Waals surface area contributed by atoms with Crippen molar-refractivity contribution in [1.82, 2.24) is 15.4 Å². The lowest BCUT2D eigenvalue weighted by atomic mass is 10.3. The maximum atomic E-state index is 11.9. The zero-order valence-electron chi connectivity index (χ0n) is 10.8. The largest absolute Gasteiger partial charge is 0.594 e. The smallest absolute Gasteiger partial charge is 0.471 e. The van der Waals surface area contributed by atoms with Gasteiger partial charge in [-0.1, -0.05) is 0 Å². The second kappa shape index (κ2) is 5.87. The topological polar surface area (TPSA) is 111 Å². The number of halogens is 3. The van der Waals surface area contributed by atoms with Crippen LogP contribution in [0.2, 0.25) is 0 Å². The van der Waals surface area contributed by atoms with Gasteiger partial charge in [-0.2, -0.15) is 18.2 Å². The zero-order valence-corrected chi connectivity index (χ0v) is 10.8. The van der Waals surface area contributed by atoms with Gasteiger partial charge in [-0.15, -0.1) is 0 Å². The van der Waals surface area contributed by atoms with Gasteiger partial charge in [0.1, 0.15) is 17.9 Å². The Hall–Kier alpha value is -2.85. The van der Waals surface area contributed by atoms with E-state index in [1.165, 1.54) is 18.2 Å². The fraction of sp³-hybridized carbons (Fsp3) is 0.273. The Balaban J connectivity index is 1.97. The summed E-state index contributed by atoms with van der Waals surface area (Å²) in [5.41, 5.74) is 0.176. The van der Waals surface area contributed by atoms with Gasteiger partial charge in [0.05, 0.1) is 17.7 Å². The molecule has 0 aliphatic rings. The Labute approximate surface area is 120 Å². The van der Waals surface area contributed by atoms with Crippen LogP contribution in [0.15, 0.2) is 18.2 Å². The van der Waals surface area contributed by atoms with E-state index in [1.807, 2.05) is 0 Å². The van der Waals surface area contributed by atoms with Crippen LogP contribution in [0.5, 0.6) is 11.8 Å². The number of aromatic hydroxyl groups is 1. The summed E-state index contributed by atoms with van der Waals surface area (Å²) in [6.07, 6.45) is -4.95. The first-order valence-electron chi connectivity index (χ1n) is 5.86. The molecular formula is C11H9F3N4O4. The van der Waals surface area contributed by atoms with Crippen molar-refractivity contribution < 1.29 is 32.7 Å². The van der Waals surface area contributed by atoms with Gasteiger partial charge in [0.2, 0.25) is 0 Å². The summed E-state index contributed by atoms with van der Waals surface area (Å²) in [6, 6.07) is 3.34. The lowest BCUT2D eigenvalue weighted by Crippen LogP contribution is -2.38. The predicted octanol–water partition coefficient (Wildman–Crippen LogP) is 0.0261. The van der Waals surface area contributed by atoms with Gasteiger partial charge in [-0.25, -0.2) is 0 Å². The molecule has 0 aliphatic carbocycles. The molecule has 0 saturated heterocycles. The Morgan fingerprint density at radius 3 is 2.86 bits per heavy atom. The van der Waals surface area contributed by atoms with Crippen molar-refractivity contribution in [2.45, 2.75) is 6.18 Å². The number of amides is 1. The van der Waals surface area contributed by atoms with Crippen LogP contribution in [0.25, 0.3) is 11.0 Å². The zero-order chi connectivity index (χ0) is 16.3. The SMILES string of the molecule is O=C(NCCOc1ccc2nc(O)n[n+]([O-])c2c1)C(F)(F)F. The maximum Gasteiger partial charge on any atom is 0.471 e. The summed E-state index contributed by atoms with van der Waals surface area (Å²) >= 11 is 0. The number of hydrogen-bond donors (Lipinski definition) is 2. The minimum atomic E-state index is -4.95. The molecule has 0 spiro atoms. The number of hydrogen-bond acceptors (Lipinski definition) is 6. The number of nitrogens with zero attached hydrogens (tertiary/aromatic N) is 3. The van der Waals surface area contributed by atoms with Crippen LogP contribution >= 0.6 is 0 Å². The molecule has 1 aromatic carbocycles. The number of rotatable bonds is 4. The summed E-state index contributed by atoms with van der Waals surface area (Å²) in [5, 5.41) is 25.3. The first-order chi connectivity index (χ1) is 10.3. The summed E-state index contributed by atoms with van der Waals surface area (Å²) in [5.74, 6) is -1.89. The van der Waals surface area contributed by atoms with Crippen LogP contribution in [0.3, 0.4) is 0 Å². The number of nitrogens with one attached hydrogen (secondary N) is 1. The molecule has 1 heterocycles. The van der Waals surface area contributed by atoms with Gasteiger partial charge in [0.25, 0.3) is 5.52 Å². The fourth-order valence-corrected chi connectivity index (χ4v) is 1.54. The molecule has 0 fully saturated rings. The van der Waals surface area contributed by atoms with Crippen molar-refractivity contribution in [3.63, 3.8) is 0 Å². The number of carbonyl (C=O) groups excluding carboxylic acids is 1. The minimum Gasteiger partial charge on any atom is -0.594 e. The van der Waals surface area contributed by atoms with E-state index in [0.29, 0.717) is 0 Å². The number of carbonyl (C=O) groups is 1. The van der Waals surface area contributed by atoms with E-state index in [9.17, 15) is 23.2 Å². The summed E-state index contributed by atoms with van der Waals surface area (Å²) in [4.78, 5) is 14.3. The van der Waals surface area contributed by atoms with Crippen LogP contribution in [0, 0.1) is 5.21 Å². The van der Waals surface area contributed by atoms with Gasteiger partial charge in [0, 0.05) is 0 Å². The van der Waals surface area contributed by atoms with Crippen molar-refractivity contribution in [2.75, 3.05) is 13.2 Å². The molecule has 0 bridgehead atoms. The number of benzene rings is 1. The van der Waals surface area contributed by atoms with Crippen molar-refractivity contribution in [3.05, 3.63) is 23.4 Å². The molecule has 0 saturated carbocycles. The summed E-state index contributed by atoms with van der Waals surface area (Å²) in [7, 11) is 0. The van der Waals surface area contributed by atoms with E-state index in [2.05, 4.69) is 10.1 Å². The molecule has 0 radical (unpaired) electrons. The normalized spacial score (nSPS) is 11.4. The summed E-state index contributed by atoms with van der Waals surface area (Å²) < 4.78 is 40.9. The maximum absolute atomic E-state index is 11.9. The number of ether oxygens (including phenoxy) is 1. The van der Waals surface area contributed by atoms with Gasteiger partial charge in [-0.05, 0) is 17.0 Å². The third-order valence-corrected chi connectivity index (χ3v) is 2.47. The molecule has 0 aliphatic heterocycles. The molecule has 2 N–H and O–H groups in total. The first-order valence-corrected chi connectivity index (χ1v) is 5.86. The summed E-state index contributed by atoms with van der Waals surface area (Å²) in [6.45, 7) is -0.592. The Bertz CT molecular complexity index is 708. The molecule has 118 valence electrons. The molecule has 2 rings (SSSR count). The van der Waals surface area contributed by atoms with Crippen LogP contribution in [-0.2, 0) is 4.79 Å². The van der Waals surface area contributed by atoms with E-state index in [0.717, 1.165) is 0 Å². The molecule has 2 aromatic rings. The van der Waals surface area contributed by atoms with E-state index in [-0.39, 0.29) is 34.8 Å². The van der Waals surface area contributed by atoms with E-state index in [4.69, 9.17) is 9.84 Å². The number of alkyl halides is 3. The Kier molecular flexibility index (Phi) is 4.15. The van der Waals surface area contributed by atoms with Crippen LogP contribution in [0.4, 0.5) is 13.2 Å². The Morgan fingerprint density at radius 2 is 2.18 bits per heavy atom. The molecule has 0 atom stereocenters. The molecule has 11 heteroatoms. The highest BCUT2D eigenvalue weighted by Gasteiger charge is 2.38. The molecular weight excluding hydrogens is 309 g/mol. The molecule has 1 aromatic heterocycles. The molecule has 1 amide bonds. The first kappa shape index (κ1) is 15.5. The van der Waals surface area contributed by atoms with Gasteiger partial charge >= 0.3 is 18.1 Å². The van der Waals surface area contributed by atoms with Crippen LogP contribution in [-0.4, -0.2) is 40.4 Å². The second-order valence-corrected chi connectivity index (χ2v) is 4.04. The second-order valence-electron chi connectivity index (χ2n) is 4.04.